The van der Waals surface area contributed by atoms with Gasteiger partial charge < -0.3 is 14.7 Å². The van der Waals surface area contributed by atoms with Crippen LogP contribution in [0, 0.1) is 5.92 Å². The minimum Gasteiger partial charge on any atom is -0.497 e. The quantitative estimate of drug-likeness (QED) is 0.602. The molecule has 1 aliphatic rings. The number of nitrogens with zero attached hydrogens (tertiary/aromatic N) is 1. The molecule has 3 nitrogen and oxygen atoms in total. The van der Waals surface area contributed by atoms with Crippen molar-refractivity contribution in [3.8, 4) is 5.75 Å². The van der Waals surface area contributed by atoms with E-state index in [0.29, 0.717) is 30.7 Å². The molecule has 0 saturated heterocycles. The molecule has 2 unspecified atom stereocenters. The molecule has 0 heterocycles. The first-order valence-electron chi connectivity index (χ1n) is 10.1. The molecule has 1 aliphatic carbocycles. The molecule has 2 atom stereocenters. The van der Waals surface area contributed by atoms with Crippen LogP contribution < -0.4 is 4.74 Å². The number of hydrogen-bond acceptors (Lipinski definition) is 3. The molecule has 0 bridgehead atoms. The van der Waals surface area contributed by atoms with E-state index in [-0.39, 0.29) is 16.5 Å². The highest BCUT2D eigenvalue weighted by atomic mass is 35.5. The first kappa shape index (κ1) is 23.6. The molecular formula is C24H27ClF3NO2. The number of hydrogen-bond donors (Lipinski definition) is 1. The summed E-state index contributed by atoms with van der Waals surface area (Å²) in [4.78, 5) is 1.95. The van der Waals surface area contributed by atoms with E-state index in [1.54, 1.807) is 7.11 Å². The Morgan fingerprint density at radius 1 is 1.23 bits per heavy atom. The third-order valence-electron chi connectivity index (χ3n) is 5.81. The second-order valence-corrected chi connectivity index (χ2v) is 8.66. The van der Waals surface area contributed by atoms with Crippen LogP contribution in [0.4, 0.5) is 13.2 Å². The zero-order chi connectivity index (χ0) is 22.8. The lowest BCUT2D eigenvalue weighted by molar-refractivity contribution is -0.137. The van der Waals surface area contributed by atoms with Gasteiger partial charge in [0.2, 0.25) is 0 Å². The Morgan fingerprint density at radius 2 is 1.97 bits per heavy atom. The van der Waals surface area contributed by atoms with Crippen molar-refractivity contribution < 1.29 is 23.0 Å². The van der Waals surface area contributed by atoms with Crippen LogP contribution in [0.25, 0.3) is 6.08 Å². The topological polar surface area (TPSA) is 32.7 Å². The minimum absolute atomic E-state index is 0.213. The van der Waals surface area contributed by atoms with Crippen LogP contribution >= 0.6 is 11.6 Å². The highest BCUT2D eigenvalue weighted by Gasteiger charge is 2.45. The molecule has 0 aliphatic heterocycles. The Balaban J connectivity index is 2.17. The maximum atomic E-state index is 13.6. The Hall–Kier alpha value is -2.02. The van der Waals surface area contributed by atoms with Crippen molar-refractivity contribution in [3.63, 3.8) is 0 Å². The second kappa shape index (κ2) is 9.23. The molecular weight excluding hydrogens is 427 g/mol. The zero-order valence-electron chi connectivity index (χ0n) is 17.8. The maximum absolute atomic E-state index is 13.6. The minimum atomic E-state index is -4.61. The molecule has 1 fully saturated rings. The molecule has 0 aromatic heterocycles. The van der Waals surface area contributed by atoms with Crippen LogP contribution in [0.2, 0.25) is 5.02 Å². The number of benzene rings is 2. The van der Waals surface area contributed by atoms with Crippen molar-refractivity contribution >= 4 is 17.7 Å². The van der Waals surface area contributed by atoms with Crippen LogP contribution in [0.3, 0.4) is 0 Å². The van der Waals surface area contributed by atoms with Crippen molar-refractivity contribution in [3.05, 3.63) is 69.8 Å². The Morgan fingerprint density at radius 3 is 2.61 bits per heavy atom. The van der Waals surface area contributed by atoms with Gasteiger partial charge in [0.1, 0.15) is 11.4 Å². The van der Waals surface area contributed by atoms with Crippen molar-refractivity contribution in [2.45, 2.75) is 31.0 Å². The van der Waals surface area contributed by atoms with E-state index in [0.717, 1.165) is 18.1 Å². The Bertz CT molecular complexity index is 958. The fourth-order valence-electron chi connectivity index (χ4n) is 4.38. The van der Waals surface area contributed by atoms with Crippen LogP contribution in [0.5, 0.6) is 5.75 Å². The highest BCUT2D eigenvalue weighted by Crippen LogP contribution is 2.48. The fraction of sp³-hybridized carbons (Fsp3) is 0.417. The number of alkyl halides is 3. The Kier molecular flexibility index (Phi) is 7.04. The third-order valence-corrected chi connectivity index (χ3v) is 6.14. The van der Waals surface area contributed by atoms with Crippen molar-refractivity contribution in [2.75, 3.05) is 27.7 Å². The average molecular weight is 454 g/mol. The van der Waals surface area contributed by atoms with Gasteiger partial charge in [-0.2, -0.15) is 13.2 Å². The number of halogens is 4. The van der Waals surface area contributed by atoms with E-state index >= 15 is 0 Å². The van der Waals surface area contributed by atoms with Gasteiger partial charge in [0.05, 0.1) is 17.7 Å². The average Bonchev–Trinajstić information content (AvgIpc) is 2.70. The lowest BCUT2D eigenvalue weighted by atomic mass is 9.67. The molecule has 1 N–H and O–H groups in total. The first-order valence-corrected chi connectivity index (χ1v) is 10.5. The van der Waals surface area contributed by atoms with Gasteiger partial charge in [0, 0.05) is 12.5 Å². The van der Waals surface area contributed by atoms with E-state index in [1.165, 1.54) is 12.1 Å². The summed E-state index contributed by atoms with van der Waals surface area (Å²) in [6.07, 6.45) is -0.607. The van der Waals surface area contributed by atoms with Crippen molar-refractivity contribution in [1.82, 2.24) is 4.90 Å². The van der Waals surface area contributed by atoms with Crippen LogP contribution in [-0.4, -0.2) is 37.8 Å². The first-order chi connectivity index (χ1) is 14.6. The zero-order valence-corrected chi connectivity index (χ0v) is 18.6. The van der Waals surface area contributed by atoms with E-state index in [2.05, 4.69) is 0 Å². The van der Waals surface area contributed by atoms with Crippen LogP contribution in [-0.2, 0) is 11.8 Å². The van der Waals surface area contributed by atoms with Gasteiger partial charge in [-0.1, -0.05) is 35.9 Å². The van der Waals surface area contributed by atoms with E-state index in [1.807, 2.05) is 49.3 Å². The molecule has 31 heavy (non-hydrogen) atoms. The van der Waals surface area contributed by atoms with Gasteiger partial charge >= 0.3 is 6.18 Å². The smallest absolute Gasteiger partial charge is 0.417 e. The van der Waals surface area contributed by atoms with Gasteiger partial charge in [-0.05, 0) is 74.3 Å². The van der Waals surface area contributed by atoms with Gasteiger partial charge in [0.15, 0.2) is 0 Å². The molecule has 2 aromatic carbocycles. The Labute approximate surface area is 186 Å². The number of ether oxygens (including phenoxy) is 1. The molecule has 0 radical (unpaired) electrons. The lowest BCUT2D eigenvalue weighted by Crippen LogP contribution is -2.44. The predicted octanol–water partition coefficient (Wildman–Crippen LogP) is 6.00. The standard InChI is InChI=1S/C24H27ClF3NO2/c1-29(2)15-19-8-5-7-17(12-16-6-4-9-20(13-16)31-3)23(19,30)18-10-11-22(25)21(14-18)24(26,27)28/h4,6,9-14,19,30H,5,7-8,15H2,1-3H3/b17-12+. The monoisotopic (exact) mass is 453 g/mol. The summed E-state index contributed by atoms with van der Waals surface area (Å²) in [6, 6.07) is 11.1. The van der Waals surface area contributed by atoms with Crippen LogP contribution in [0.15, 0.2) is 48.0 Å². The molecule has 168 valence electrons. The van der Waals surface area contributed by atoms with E-state index < -0.39 is 17.3 Å². The fourth-order valence-corrected chi connectivity index (χ4v) is 4.60. The molecule has 1 saturated carbocycles. The van der Waals surface area contributed by atoms with Gasteiger partial charge in [-0.15, -0.1) is 0 Å². The van der Waals surface area contributed by atoms with Gasteiger partial charge in [0.25, 0.3) is 0 Å². The molecule has 2 aromatic rings. The molecule has 0 spiro atoms. The van der Waals surface area contributed by atoms with Crippen molar-refractivity contribution in [1.29, 1.82) is 0 Å². The summed E-state index contributed by atoms with van der Waals surface area (Å²) in [6.45, 7) is 0.538. The molecule has 7 heteroatoms. The summed E-state index contributed by atoms with van der Waals surface area (Å²) < 4.78 is 45.9. The summed E-state index contributed by atoms with van der Waals surface area (Å²) in [5.74, 6) is 0.403. The second-order valence-electron chi connectivity index (χ2n) is 8.26. The number of rotatable bonds is 5. The third kappa shape index (κ3) is 5.08. The molecule has 0 amide bonds. The molecule has 3 rings (SSSR count). The summed E-state index contributed by atoms with van der Waals surface area (Å²) in [7, 11) is 5.36. The summed E-state index contributed by atoms with van der Waals surface area (Å²) in [5, 5.41) is 11.7. The summed E-state index contributed by atoms with van der Waals surface area (Å²) in [5.41, 5.74) is -0.756. The number of methoxy groups -OCH3 is 1. The SMILES string of the molecule is COc1cccc(/C=C2\CCCC(CN(C)C)C2(O)c2ccc(Cl)c(C(F)(F)F)c2)c1. The highest BCUT2D eigenvalue weighted by molar-refractivity contribution is 6.31. The lowest BCUT2D eigenvalue weighted by Gasteiger charge is -2.44. The van der Waals surface area contributed by atoms with E-state index in [9.17, 15) is 18.3 Å². The summed E-state index contributed by atoms with van der Waals surface area (Å²) >= 11 is 5.85. The van der Waals surface area contributed by atoms with Crippen LogP contribution in [0.1, 0.15) is 36.0 Å². The van der Waals surface area contributed by atoms with E-state index in [4.69, 9.17) is 16.3 Å². The largest absolute Gasteiger partial charge is 0.497 e. The normalized spacial score (nSPS) is 23.4. The number of aliphatic hydroxyl groups is 1. The van der Waals surface area contributed by atoms with Gasteiger partial charge in [-0.25, -0.2) is 0 Å². The maximum Gasteiger partial charge on any atom is 0.417 e. The van der Waals surface area contributed by atoms with Crippen molar-refractivity contribution in [2.24, 2.45) is 5.92 Å². The van der Waals surface area contributed by atoms with Gasteiger partial charge in [-0.3, -0.25) is 0 Å². The predicted molar refractivity (Wildman–Crippen MR) is 117 cm³/mol.